The number of aryl methyl sites for hydroxylation is 1. The van der Waals surface area contributed by atoms with E-state index in [1.807, 2.05) is 30.3 Å². The molecule has 0 aromatic heterocycles. The van der Waals surface area contributed by atoms with Crippen LogP contribution in [0.1, 0.15) is 44.1 Å². The molecule has 0 saturated carbocycles. The van der Waals surface area contributed by atoms with Gasteiger partial charge >= 0.3 is 18.0 Å². The van der Waals surface area contributed by atoms with Crippen molar-refractivity contribution in [3.8, 4) is 0 Å². The Morgan fingerprint density at radius 1 is 1.07 bits per heavy atom. The second-order valence-electron chi connectivity index (χ2n) is 7.48. The topological polar surface area (TPSA) is 107 Å². The molecule has 1 aromatic carbocycles. The number of primary amides is 1. The van der Waals surface area contributed by atoms with Crippen LogP contribution in [0.2, 0.25) is 0 Å². The summed E-state index contributed by atoms with van der Waals surface area (Å²) < 4.78 is 5.03. The van der Waals surface area contributed by atoms with E-state index in [1.54, 1.807) is 6.08 Å². The molecule has 2 N–H and O–H groups in total. The zero-order valence-corrected chi connectivity index (χ0v) is 16.3. The Bertz CT molecular complexity index is 818. The molecule has 1 aliphatic heterocycles. The minimum Gasteiger partial charge on any atom is -0.391 e. The van der Waals surface area contributed by atoms with Gasteiger partial charge in [0.05, 0.1) is 5.92 Å². The zero-order chi connectivity index (χ0) is 20.8. The Balaban J connectivity index is 1.52. The van der Waals surface area contributed by atoms with Crippen LogP contribution < -0.4 is 5.73 Å². The first-order valence-corrected chi connectivity index (χ1v) is 10.1. The van der Waals surface area contributed by atoms with Gasteiger partial charge < -0.3 is 15.4 Å². The third kappa shape index (κ3) is 5.10. The van der Waals surface area contributed by atoms with Gasteiger partial charge in [0, 0.05) is 18.5 Å². The maximum Gasteiger partial charge on any atom is 0.336 e. The quantitative estimate of drug-likeness (QED) is 0.561. The van der Waals surface area contributed by atoms with Crippen LogP contribution in [0.3, 0.4) is 0 Å². The van der Waals surface area contributed by atoms with E-state index < -0.39 is 29.9 Å². The average Bonchev–Trinajstić information content (AvgIpc) is 3.38. The average molecular weight is 398 g/mol. The van der Waals surface area contributed by atoms with Crippen molar-refractivity contribution in [2.24, 2.45) is 11.7 Å². The van der Waals surface area contributed by atoms with Gasteiger partial charge in [0.1, 0.15) is 6.04 Å². The number of esters is 2. The van der Waals surface area contributed by atoms with E-state index in [9.17, 15) is 19.2 Å². The van der Waals surface area contributed by atoms with E-state index in [1.165, 1.54) is 4.90 Å². The number of likely N-dealkylation sites (tertiary alicyclic amines) is 1. The van der Waals surface area contributed by atoms with Crippen LogP contribution in [0.4, 0.5) is 4.79 Å². The molecule has 7 nitrogen and oxygen atoms in total. The summed E-state index contributed by atoms with van der Waals surface area (Å²) in [6.07, 6.45) is 5.70. The van der Waals surface area contributed by atoms with E-state index in [-0.39, 0.29) is 5.78 Å². The summed E-state index contributed by atoms with van der Waals surface area (Å²) in [7, 11) is 0. The number of ether oxygens (including phenoxy) is 1. The number of amides is 2. The molecule has 29 heavy (non-hydrogen) atoms. The van der Waals surface area contributed by atoms with Gasteiger partial charge in [0.15, 0.2) is 5.78 Å². The fourth-order valence-electron chi connectivity index (χ4n) is 4.01. The van der Waals surface area contributed by atoms with Gasteiger partial charge in [0.25, 0.3) is 0 Å². The number of carbonyl (C=O) groups excluding carboxylic acids is 4. The van der Waals surface area contributed by atoms with E-state index in [2.05, 4.69) is 0 Å². The van der Waals surface area contributed by atoms with Crippen molar-refractivity contribution in [1.29, 1.82) is 0 Å². The molecule has 7 heteroatoms. The lowest BCUT2D eigenvalue weighted by molar-refractivity contribution is -0.164. The summed E-state index contributed by atoms with van der Waals surface area (Å²) in [5.41, 5.74) is 6.87. The van der Waals surface area contributed by atoms with Crippen LogP contribution in [0.25, 0.3) is 0 Å². The summed E-state index contributed by atoms with van der Waals surface area (Å²) >= 11 is 0. The summed E-state index contributed by atoms with van der Waals surface area (Å²) in [5, 5.41) is 0. The first-order chi connectivity index (χ1) is 14.0. The normalized spacial score (nSPS) is 21.0. The molecule has 1 fully saturated rings. The molecule has 2 amide bonds. The lowest BCUT2D eigenvalue weighted by Crippen LogP contribution is -2.45. The Kier molecular flexibility index (Phi) is 6.80. The molecule has 2 atom stereocenters. The van der Waals surface area contributed by atoms with Gasteiger partial charge in [-0.3, -0.25) is 9.59 Å². The number of hydrogen-bond donors (Lipinski definition) is 1. The van der Waals surface area contributed by atoms with Crippen LogP contribution in [0, 0.1) is 5.92 Å². The molecule has 0 spiro atoms. The zero-order valence-electron chi connectivity index (χ0n) is 16.3. The summed E-state index contributed by atoms with van der Waals surface area (Å²) in [6.45, 7) is 0.373. The number of ketones is 1. The van der Waals surface area contributed by atoms with E-state index in [0.29, 0.717) is 50.6 Å². The molecular weight excluding hydrogens is 372 g/mol. The molecular formula is C22H26N2O5. The number of urea groups is 1. The maximum atomic E-state index is 12.6. The SMILES string of the molecule is NC(=O)N1CCC[C@H]1C(=O)OC(=O)C1CCC=C1C(=O)CCCc1ccccc1. The smallest absolute Gasteiger partial charge is 0.336 e. The lowest BCUT2D eigenvalue weighted by Gasteiger charge is -2.21. The van der Waals surface area contributed by atoms with Crippen molar-refractivity contribution >= 4 is 23.8 Å². The van der Waals surface area contributed by atoms with Gasteiger partial charge in [-0.15, -0.1) is 0 Å². The summed E-state index contributed by atoms with van der Waals surface area (Å²) in [4.78, 5) is 50.1. The fourth-order valence-corrected chi connectivity index (χ4v) is 4.01. The van der Waals surface area contributed by atoms with Crippen molar-refractivity contribution in [3.63, 3.8) is 0 Å². The molecule has 1 unspecified atom stereocenters. The second kappa shape index (κ2) is 9.49. The lowest BCUT2D eigenvalue weighted by atomic mass is 9.94. The van der Waals surface area contributed by atoms with E-state index in [4.69, 9.17) is 10.5 Å². The van der Waals surface area contributed by atoms with Crippen molar-refractivity contribution in [1.82, 2.24) is 4.90 Å². The largest absolute Gasteiger partial charge is 0.391 e. The van der Waals surface area contributed by atoms with Crippen molar-refractivity contribution in [2.45, 2.75) is 51.0 Å². The minimum atomic E-state index is -0.827. The van der Waals surface area contributed by atoms with Gasteiger partial charge in [-0.1, -0.05) is 36.4 Å². The number of benzene rings is 1. The standard InChI is InChI=1S/C22H26N2O5/c23-22(28)24-14-6-12-18(24)21(27)29-20(26)17-11-5-10-16(17)19(25)13-4-9-15-7-2-1-3-8-15/h1-3,7-8,10,17-18H,4-6,9,11-14H2,(H2,23,28)/t17?,18-/m0/s1. The molecule has 1 heterocycles. The van der Waals surface area contributed by atoms with Crippen LogP contribution in [0.5, 0.6) is 0 Å². The Morgan fingerprint density at radius 3 is 2.55 bits per heavy atom. The Hall–Kier alpha value is -2.96. The number of nitrogens with two attached hydrogens (primary N) is 1. The first kappa shape index (κ1) is 20.8. The maximum absolute atomic E-state index is 12.6. The number of carbonyl (C=O) groups is 4. The van der Waals surface area contributed by atoms with Gasteiger partial charge in [-0.2, -0.15) is 0 Å². The second-order valence-corrected chi connectivity index (χ2v) is 7.48. The monoisotopic (exact) mass is 398 g/mol. The predicted molar refractivity (Wildman–Crippen MR) is 106 cm³/mol. The summed E-state index contributed by atoms with van der Waals surface area (Å²) in [6, 6.07) is 8.38. The van der Waals surface area contributed by atoms with Crippen molar-refractivity contribution in [2.75, 3.05) is 6.54 Å². The van der Waals surface area contributed by atoms with Crippen molar-refractivity contribution < 1.29 is 23.9 Å². The Labute approximate surface area is 169 Å². The minimum absolute atomic E-state index is 0.0764. The number of rotatable bonds is 7. The first-order valence-electron chi connectivity index (χ1n) is 10.1. The van der Waals surface area contributed by atoms with Crippen LogP contribution in [-0.2, 0) is 25.5 Å². The third-order valence-electron chi connectivity index (χ3n) is 5.52. The molecule has 1 aromatic rings. The molecule has 154 valence electrons. The van der Waals surface area contributed by atoms with Gasteiger partial charge in [-0.05, 0) is 44.1 Å². The number of hydrogen-bond acceptors (Lipinski definition) is 5. The Morgan fingerprint density at radius 2 is 1.83 bits per heavy atom. The van der Waals surface area contributed by atoms with Crippen LogP contribution in [-0.4, -0.2) is 41.2 Å². The number of nitrogens with zero attached hydrogens (tertiary/aromatic N) is 1. The molecule has 1 saturated heterocycles. The number of allylic oxidation sites excluding steroid dienone is 1. The fraction of sp³-hybridized carbons (Fsp3) is 0.455. The molecule has 2 aliphatic rings. The van der Waals surface area contributed by atoms with Gasteiger partial charge in [0.2, 0.25) is 0 Å². The highest BCUT2D eigenvalue weighted by atomic mass is 16.6. The highest BCUT2D eigenvalue weighted by Crippen LogP contribution is 2.30. The van der Waals surface area contributed by atoms with E-state index >= 15 is 0 Å². The summed E-state index contributed by atoms with van der Waals surface area (Å²) in [5.74, 6) is -2.28. The van der Waals surface area contributed by atoms with Crippen LogP contribution >= 0.6 is 0 Å². The highest BCUT2D eigenvalue weighted by molar-refractivity contribution is 6.03. The van der Waals surface area contributed by atoms with Crippen molar-refractivity contribution in [3.05, 3.63) is 47.5 Å². The highest BCUT2D eigenvalue weighted by Gasteiger charge is 2.38. The van der Waals surface area contributed by atoms with E-state index in [0.717, 1.165) is 12.0 Å². The third-order valence-corrected chi connectivity index (χ3v) is 5.52. The molecule has 3 rings (SSSR count). The predicted octanol–water partition coefficient (Wildman–Crippen LogP) is 2.53. The van der Waals surface area contributed by atoms with Gasteiger partial charge in [-0.25, -0.2) is 9.59 Å². The molecule has 1 aliphatic carbocycles. The number of Topliss-reactive ketones (excluding diaryl/α,β-unsaturated/α-hetero) is 1. The molecule has 0 bridgehead atoms. The van der Waals surface area contributed by atoms with Crippen LogP contribution in [0.15, 0.2) is 42.0 Å². The molecule has 0 radical (unpaired) electrons.